The molecule has 1 amide bonds. The second-order valence-corrected chi connectivity index (χ2v) is 7.81. The average molecular weight is 408 g/mol. The van der Waals surface area contributed by atoms with Gasteiger partial charge in [0, 0.05) is 17.2 Å². The first kappa shape index (κ1) is 20.2. The van der Waals surface area contributed by atoms with Gasteiger partial charge >= 0.3 is 0 Å². The van der Waals surface area contributed by atoms with Gasteiger partial charge in [-0.15, -0.1) is 0 Å². The Morgan fingerprint density at radius 2 is 1.90 bits per heavy atom. The Bertz CT molecular complexity index is 1020. The normalized spacial score (nSPS) is 15.3. The first-order chi connectivity index (χ1) is 14.5. The van der Waals surface area contributed by atoms with Crippen LogP contribution in [0, 0.1) is 25.6 Å². The summed E-state index contributed by atoms with van der Waals surface area (Å²) < 4.78 is 18.4. The van der Waals surface area contributed by atoms with Crippen LogP contribution in [0.15, 0.2) is 47.0 Å². The van der Waals surface area contributed by atoms with Gasteiger partial charge in [0.05, 0.1) is 6.54 Å². The zero-order valence-electron chi connectivity index (χ0n) is 17.2. The predicted molar refractivity (Wildman–Crippen MR) is 112 cm³/mol. The lowest BCUT2D eigenvalue weighted by atomic mass is 9.95. The first-order valence-electron chi connectivity index (χ1n) is 10.2. The molecule has 1 saturated heterocycles. The summed E-state index contributed by atoms with van der Waals surface area (Å²) in [6.45, 7) is 6.19. The third-order valence-electron chi connectivity index (χ3n) is 5.75. The van der Waals surface area contributed by atoms with E-state index in [1.54, 1.807) is 12.1 Å². The van der Waals surface area contributed by atoms with Gasteiger partial charge in [-0.05, 0) is 81.2 Å². The van der Waals surface area contributed by atoms with Gasteiger partial charge in [-0.2, -0.15) is 4.98 Å². The molecule has 0 bridgehead atoms. The van der Waals surface area contributed by atoms with Crippen molar-refractivity contribution in [2.75, 3.05) is 18.4 Å². The van der Waals surface area contributed by atoms with Crippen molar-refractivity contribution >= 4 is 11.6 Å². The van der Waals surface area contributed by atoms with Crippen LogP contribution in [0.2, 0.25) is 0 Å². The molecule has 2 heterocycles. The van der Waals surface area contributed by atoms with Crippen molar-refractivity contribution in [3.63, 3.8) is 0 Å². The molecule has 3 aromatic rings. The minimum atomic E-state index is -0.299. The number of rotatable bonds is 5. The molecule has 1 N–H and O–H groups in total. The Balaban J connectivity index is 1.30. The van der Waals surface area contributed by atoms with Gasteiger partial charge in [-0.3, -0.25) is 9.69 Å². The molecule has 4 rings (SSSR count). The molecule has 7 heteroatoms. The number of carbonyl (C=O) groups is 1. The second kappa shape index (κ2) is 8.75. The Morgan fingerprint density at radius 1 is 1.17 bits per heavy atom. The van der Waals surface area contributed by atoms with E-state index in [0.29, 0.717) is 23.8 Å². The van der Waals surface area contributed by atoms with Crippen LogP contribution in [0.3, 0.4) is 0 Å². The number of halogens is 1. The SMILES string of the molecule is Cc1cccc(NC(=O)C2CCN(Cc3nc(-c4ccc(F)cc4)no3)CC2)c1C. The number of nitrogens with zero attached hydrogens (tertiary/aromatic N) is 3. The second-order valence-electron chi connectivity index (χ2n) is 7.81. The van der Waals surface area contributed by atoms with Gasteiger partial charge in [0.1, 0.15) is 5.82 Å². The molecule has 0 aliphatic carbocycles. The molecular formula is C23H25FN4O2. The molecule has 30 heavy (non-hydrogen) atoms. The fraction of sp³-hybridized carbons (Fsp3) is 0.348. The van der Waals surface area contributed by atoms with Crippen LogP contribution in [0.4, 0.5) is 10.1 Å². The Kier molecular flexibility index (Phi) is 5.90. The number of likely N-dealkylation sites (tertiary alicyclic amines) is 1. The molecule has 1 aliphatic heterocycles. The summed E-state index contributed by atoms with van der Waals surface area (Å²) >= 11 is 0. The van der Waals surface area contributed by atoms with E-state index >= 15 is 0 Å². The van der Waals surface area contributed by atoms with E-state index in [0.717, 1.165) is 37.2 Å². The molecular weight excluding hydrogens is 383 g/mol. The number of hydrogen-bond donors (Lipinski definition) is 1. The lowest BCUT2D eigenvalue weighted by molar-refractivity contribution is -0.121. The smallest absolute Gasteiger partial charge is 0.241 e. The fourth-order valence-corrected chi connectivity index (χ4v) is 3.70. The van der Waals surface area contributed by atoms with Crippen molar-refractivity contribution < 1.29 is 13.7 Å². The fourth-order valence-electron chi connectivity index (χ4n) is 3.70. The minimum Gasteiger partial charge on any atom is -0.338 e. The largest absolute Gasteiger partial charge is 0.338 e. The number of hydrogen-bond acceptors (Lipinski definition) is 5. The number of aryl methyl sites for hydroxylation is 1. The van der Waals surface area contributed by atoms with Gasteiger partial charge in [0.25, 0.3) is 0 Å². The summed E-state index contributed by atoms with van der Waals surface area (Å²) in [5.74, 6) is 0.755. The third kappa shape index (κ3) is 4.57. The molecule has 0 saturated carbocycles. The maximum atomic E-state index is 13.1. The maximum Gasteiger partial charge on any atom is 0.241 e. The topological polar surface area (TPSA) is 71.3 Å². The van der Waals surface area contributed by atoms with Gasteiger partial charge in [-0.25, -0.2) is 4.39 Å². The summed E-state index contributed by atoms with van der Waals surface area (Å²) in [5.41, 5.74) is 3.88. The molecule has 0 spiro atoms. The van der Waals surface area contributed by atoms with Crippen molar-refractivity contribution in [3.8, 4) is 11.4 Å². The summed E-state index contributed by atoms with van der Waals surface area (Å²) in [4.78, 5) is 19.3. The molecule has 6 nitrogen and oxygen atoms in total. The number of benzene rings is 2. The number of amides is 1. The van der Waals surface area contributed by atoms with Gasteiger partial charge < -0.3 is 9.84 Å². The van der Waals surface area contributed by atoms with E-state index in [9.17, 15) is 9.18 Å². The van der Waals surface area contributed by atoms with Crippen molar-refractivity contribution in [3.05, 3.63) is 65.3 Å². The van der Waals surface area contributed by atoms with E-state index in [4.69, 9.17) is 4.52 Å². The predicted octanol–water partition coefficient (Wildman–Crippen LogP) is 4.34. The van der Waals surface area contributed by atoms with Crippen LogP contribution < -0.4 is 5.32 Å². The summed E-state index contributed by atoms with van der Waals surface area (Å²) in [6, 6.07) is 12.0. The number of piperidine rings is 1. The van der Waals surface area contributed by atoms with Crippen LogP contribution in [0.1, 0.15) is 29.9 Å². The highest BCUT2D eigenvalue weighted by molar-refractivity contribution is 5.93. The Labute approximate surface area is 175 Å². The number of carbonyl (C=O) groups excluding carboxylic acids is 1. The minimum absolute atomic E-state index is 0.00127. The average Bonchev–Trinajstić information content (AvgIpc) is 3.21. The highest BCUT2D eigenvalue weighted by Crippen LogP contribution is 2.24. The summed E-state index contributed by atoms with van der Waals surface area (Å²) in [5, 5.41) is 7.07. The van der Waals surface area contributed by atoms with Crippen molar-refractivity contribution in [1.82, 2.24) is 15.0 Å². The molecule has 1 aromatic heterocycles. The van der Waals surface area contributed by atoms with Crippen molar-refractivity contribution in [1.29, 1.82) is 0 Å². The summed E-state index contributed by atoms with van der Waals surface area (Å²) in [6.07, 6.45) is 1.57. The van der Waals surface area contributed by atoms with Crippen LogP contribution in [0.25, 0.3) is 11.4 Å². The highest BCUT2D eigenvalue weighted by Gasteiger charge is 2.26. The lowest BCUT2D eigenvalue weighted by Crippen LogP contribution is -2.37. The zero-order valence-corrected chi connectivity index (χ0v) is 17.2. The van der Waals surface area contributed by atoms with Crippen molar-refractivity contribution in [2.45, 2.75) is 33.2 Å². The first-order valence-corrected chi connectivity index (χ1v) is 10.2. The number of aromatic nitrogens is 2. The van der Waals surface area contributed by atoms with Gasteiger partial charge in [0.2, 0.25) is 17.6 Å². The number of anilines is 1. The molecule has 156 valence electrons. The zero-order chi connectivity index (χ0) is 21.1. The monoisotopic (exact) mass is 408 g/mol. The number of nitrogens with one attached hydrogen (secondary N) is 1. The van der Waals surface area contributed by atoms with Gasteiger partial charge in [0.15, 0.2) is 0 Å². The van der Waals surface area contributed by atoms with Gasteiger partial charge in [-0.1, -0.05) is 17.3 Å². The quantitative estimate of drug-likeness (QED) is 0.680. The Morgan fingerprint density at radius 3 is 2.63 bits per heavy atom. The van der Waals surface area contributed by atoms with E-state index in [1.807, 2.05) is 32.0 Å². The standard InChI is InChI=1S/C23H25FN4O2/c1-15-4-3-5-20(16(15)2)25-23(29)18-10-12-28(13-11-18)14-21-26-22(27-30-21)17-6-8-19(24)9-7-17/h3-9,18H,10-14H2,1-2H3,(H,25,29). The van der Waals surface area contributed by atoms with E-state index in [2.05, 4.69) is 20.4 Å². The highest BCUT2D eigenvalue weighted by atomic mass is 19.1. The Hall–Kier alpha value is -3.06. The maximum absolute atomic E-state index is 13.1. The molecule has 0 radical (unpaired) electrons. The summed E-state index contributed by atoms with van der Waals surface area (Å²) in [7, 11) is 0. The van der Waals surface area contributed by atoms with E-state index in [1.165, 1.54) is 17.7 Å². The molecule has 0 atom stereocenters. The molecule has 1 fully saturated rings. The lowest BCUT2D eigenvalue weighted by Gasteiger charge is -2.30. The van der Waals surface area contributed by atoms with Crippen LogP contribution in [0.5, 0.6) is 0 Å². The van der Waals surface area contributed by atoms with Crippen LogP contribution in [-0.4, -0.2) is 34.0 Å². The molecule has 1 aliphatic rings. The van der Waals surface area contributed by atoms with Crippen molar-refractivity contribution in [2.24, 2.45) is 5.92 Å². The van der Waals surface area contributed by atoms with E-state index in [-0.39, 0.29) is 17.6 Å². The van der Waals surface area contributed by atoms with Crippen LogP contribution >= 0.6 is 0 Å². The third-order valence-corrected chi connectivity index (χ3v) is 5.75. The van der Waals surface area contributed by atoms with E-state index < -0.39 is 0 Å². The molecule has 2 aromatic carbocycles. The van der Waals surface area contributed by atoms with Crippen LogP contribution in [-0.2, 0) is 11.3 Å². The molecule has 0 unspecified atom stereocenters.